The summed E-state index contributed by atoms with van der Waals surface area (Å²) in [6, 6.07) is 9.60. The lowest BCUT2D eigenvalue weighted by Crippen LogP contribution is -2.39. The average molecular weight is 510 g/mol. The van der Waals surface area contributed by atoms with Crippen LogP contribution < -0.4 is 15.2 Å². The van der Waals surface area contributed by atoms with Gasteiger partial charge in [-0.05, 0) is 41.0 Å². The van der Waals surface area contributed by atoms with Crippen LogP contribution >= 0.6 is 0 Å². The second-order valence-corrected chi connectivity index (χ2v) is 9.01. The third kappa shape index (κ3) is 6.28. The van der Waals surface area contributed by atoms with E-state index in [9.17, 15) is 31.9 Å². The highest BCUT2D eigenvalue weighted by atomic mass is 19.4. The number of pyridine rings is 1. The number of halogens is 5. The molecule has 1 unspecified atom stereocenters. The van der Waals surface area contributed by atoms with E-state index in [2.05, 4.69) is 4.98 Å². The maximum absolute atomic E-state index is 14.5. The molecule has 11 heteroatoms. The first-order valence-corrected chi connectivity index (χ1v) is 10.6. The SMILES string of the molecule is CC(C)(C)C(Oc1nc(Oc2cc(-c3cccc(CN)c3)cc(C(F)(F)F)c2)c(F)cc1F)C(=O)O. The molecule has 1 atom stereocenters. The molecule has 6 nitrogen and oxygen atoms in total. The van der Waals surface area contributed by atoms with Crippen molar-refractivity contribution in [2.24, 2.45) is 11.1 Å². The smallest absolute Gasteiger partial charge is 0.416 e. The molecule has 0 spiro atoms. The molecule has 0 saturated carbocycles. The number of nitrogens with two attached hydrogens (primary N) is 1. The quantitative estimate of drug-likeness (QED) is 0.369. The van der Waals surface area contributed by atoms with Gasteiger partial charge in [-0.15, -0.1) is 0 Å². The normalized spacial score (nSPS) is 12.8. The summed E-state index contributed by atoms with van der Waals surface area (Å²) in [6.45, 7) is 4.73. The molecular formula is C25H23F5N2O4. The fourth-order valence-corrected chi connectivity index (χ4v) is 3.28. The van der Waals surface area contributed by atoms with Crippen molar-refractivity contribution in [3.8, 4) is 28.6 Å². The van der Waals surface area contributed by atoms with Gasteiger partial charge in [0.1, 0.15) is 5.75 Å². The Hall–Kier alpha value is -3.73. The van der Waals surface area contributed by atoms with E-state index in [4.69, 9.17) is 15.2 Å². The number of carboxylic acids is 1. The van der Waals surface area contributed by atoms with Crippen molar-refractivity contribution >= 4 is 5.97 Å². The minimum absolute atomic E-state index is 0.104. The third-order valence-electron chi connectivity index (χ3n) is 5.05. The maximum atomic E-state index is 14.5. The summed E-state index contributed by atoms with van der Waals surface area (Å²) < 4.78 is 80.0. The molecule has 0 bridgehead atoms. The number of carbonyl (C=O) groups is 1. The zero-order valence-corrected chi connectivity index (χ0v) is 19.5. The first-order valence-electron chi connectivity index (χ1n) is 10.6. The molecule has 0 saturated heterocycles. The Labute approximate surface area is 203 Å². The summed E-state index contributed by atoms with van der Waals surface area (Å²) in [5, 5.41) is 9.41. The number of benzene rings is 2. The Morgan fingerprint density at radius 3 is 2.25 bits per heavy atom. The second-order valence-electron chi connectivity index (χ2n) is 9.01. The number of hydrogen-bond donors (Lipinski definition) is 2. The van der Waals surface area contributed by atoms with Crippen LogP contribution in [0.3, 0.4) is 0 Å². The van der Waals surface area contributed by atoms with Gasteiger partial charge in [0.15, 0.2) is 11.6 Å². The van der Waals surface area contributed by atoms with Crippen molar-refractivity contribution in [2.75, 3.05) is 0 Å². The van der Waals surface area contributed by atoms with E-state index < -0.39 is 58.4 Å². The molecule has 3 aromatic rings. The first-order chi connectivity index (χ1) is 16.7. The number of carboxylic acid groups (broad SMARTS) is 1. The number of ether oxygens (including phenoxy) is 2. The van der Waals surface area contributed by atoms with Gasteiger partial charge in [-0.3, -0.25) is 0 Å². The van der Waals surface area contributed by atoms with Crippen LogP contribution in [0.2, 0.25) is 0 Å². The molecule has 3 rings (SSSR count). The van der Waals surface area contributed by atoms with Crippen LogP contribution in [0.1, 0.15) is 31.9 Å². The van der Waals surface area contributed by atoms with Crippen molar-refractivity contribution < 1.29 is 41.3 Å². The van der Waals surface area contributed by atoms with Crippen LogP contribution in [0.5, 0.6) is 17.5 Å². The van der Waals surface area contributed by atoms with Crippen molar-refractivity contribution in [3.05, 3.63) is 71.3 Å². The van der Waals surface area contributed by atoms with E-state index in [0.717, 1.165) is 6.07 Å². The molecule has 2 aromatic carbocycles. The molecule has 3 N–H and O–H groups in total. The van der Waals surface area contributed by atoms with Gasteiger partial charge < -0.3 is 20.3 Å². The summed E-state index contributed by atoms with van der Waals surface area (Å²) in [5.41, 5.74) is 4.72. The summed E-state index contributed by atoms with van der Waals surface area (Å²) in [6.07, 6.45) is -6.32. The van der Waals surface area contributed by atoms with Gasteiger partial charge in [0.05, 0.1) is 5.56 Å². The van der Waals surface area contributed by atoms with Crippen LogP contribution in [-0.4, -0.2) is 22.2 Å². The van der Waals surface area contributed by atoms with Crippen molar-refractivity contribution in [3.63, 3.8) is 0 Å². The number of aromatic nitrogens is 1. The molecule has 0 aliphatic rings. The number of rotatable bonds is 7. The highest BCUT2D eigenvalue weighted by Crippen LogP contribution is 2.38. The van der Waals surface area contributed by atoms with E-state index in [1.807, 2.05) is 0 Å². The predicted octanol–water partition coefficient (Wildman–Crippen LogP) is 6.17. The number of alkyl halides is 3. The van der Waals surface area contributed by atoms with Gasteiger partial charge in [0, 0.05) is 18.0 Å². The molecule has 0 amide bonds. The lowest BCUT2D eigenvalue weighted by atomic mass is 9.89. The topological polar surface area (TPSA) is 94.7 Å². The van der Waals surface area contributed by atoms with Crippen molar-refractivity contribution in [1.82, 2.24) is 4.98 Å². The number of nitrogens with zero attached hydrogens (tertiary/aromatic N) is 1. The van der Waals surface area contributed by atoms with E-state index in [-0.39, 0.29) is 12.1 Å². The fraction of sp³-hybridized carbons (Fsp3) is 0.280. The minimum Gasteiger partial charge on any atom is -0.478 e. The third-order valence-corrected chi connectivity index (χ3v) is 5.05. The second kappa shape index (κ2) is 10.1. The molecule has 0 aliphatic heterocycles. The largest absolute Gasteiger partial charge is 0.478 e. The monoisotopic (exact) mass is 510 g/mol. The van der Waals surface area contributed by atoms with Crippen molar-refractivity contribution in [1.29, 1.82) is 0 Å². The fourth-order valence-electron chi connectivity index (χ4n) is 3.28. The Kier molecular flexibility index (Phi) is 7.54. The van der Waals surface area contributed by atoms with Gasteiger partial charge in [-0.1, -0.05) is 39.0 Å². The molecule has 36 heavy (non-hydrogen) atoms. The Bertz CT molecular complexity index is 1270. The average Bonchev–Trinajstić information content (AvgIpc) is 2.78. The number of hydrogen-bond acceptors (Lipinski definition) is 5. The number of aliphatic carboxylic acids is 1. The molecule has 0 fully saturated rings. The zero-order chi connectivity index (χ0) is 26.8. The molecule has 1 heterocycles. The van der Waals surface area contributed by atoms with Crippen molar-refractivity contribution in [2.45, 2.75) is 39.6 Å². The molecule has 192 valence electrons. The molecular weight excluding hydrogens is 487 g/mol. The van der Waals surface area contributed by atoms with Crippen LogP contribution in [0.4, 0.5) is 22.0 Å². The molecule has 0 aliphatic carbocycles. The first kappa shape index (κ1) is 26.9. The summed E-state index contributed by atoms with van der Waals surface area (Å²) >= 11 is 0. The summed E-state index contributed by atoms with van der Waals surface area (Å²) in [5.74, 6) is -6.27. The summed E-state index contributed by atoms with van der Waals surface area (Å²) in [4.78, 5) is 15.1. The van der Waals surface area contributed by atoms with E-state index in [0.29, 0.717) is 23.3 Å². The van der Waals surface area contributed by atoms with E-state index in [1.165, 1.54) is 26.8 Å². The highest BCUT2D eigenvalue weighted by Gasteiger charge is 2.35. The highest BCUT2D eigenvalue weighted by molar-refractivity contribution is 5.73. The Balaban J connectivity index is 2.06. The van der Waals surface area contributed by atoms with Gasteiger partial charge in [-0.2, -0.15) is 18.2 Å². The lowest BCUT2D eigenvalue weighted by Gasteiger charge is -2.27. The van der Waals surface area contributed by atoms with E-state index >= 15 is 0 Å². The molecule has 1 aromatic heterocycles. The van der Waals surface area contributed by atoms with Gasteiger partial charge >= 0.3 is 12.1 Å². The lowest BCUT2D eigenvalue weighted by molar-refractivity contribution is -0.150. The van der Waals surface area contributed by atoms with Crippen LogP contribution in [0, 0.1) is 17.0 Å². The minimum atomic E-state index is -4.76. The molecule has 0 radical (unpaired) electrons. The summed E-state index contributed by atoms with van der Waals surface area (Å²) in [7, 11) is 0. The predicted molar refractivity (Wildman–Crippen MR) is 121 cm³/mol. The zero-order valence-electron chi connectivity index (χ0n) is 19.5. The van der Waals surface area contributed by atoms with E-state index in [1.54, 1.807) is 24.3 Å². The Morgan fingerprint density at radius 1 is 1.00 bits per heavy atom. The Morgan fingerprint density at radius 2 is 1.67 bits per heavy atom. The van der Waals surface area contributed by atoms with Gasteiger partial charge in [0.2, 0.25) is 6.10 Å². The standard InChI is InChI=1S/C25H23F5N2O4/c1-24(2,3)20(23(33)34)36-22-19(27)11-18(26)21(32-22)35-17-9-15(8-16(10-17)25(28,29)30)14-6-4-5-13(7-14)12-31/h4-11,20H,12,31H2,1-3H3,(H,33,34). The van der Waals surface area contributed by atoms with Crippen LogP contribution in [-0.2, 0) is 17.5 Å². The maximum Gasteiger partial charge on any atom is 0.416 e. The van der Waals surface area contributed by atoms with Crippen LogP contribution in [0.25, 0.3) is 11.1 Å². The van der Waals surface area contributed by atoms with Crippen LogP contribution in [0.15, 0.2) is 48.5 Å². The van der Waals surface area contributed by atoms with Gasteiger partial charge in [-0.25, -0.2) is 13.6 Å². The van der Waals surface area contributed by atoms with Gasteiger partial charge in [0.25, 0.3) is 11.8 Å².